The van der Waals surface area contributed by atoms with Crippen LogP contribution < -0.4 is 14.8 Å². The van der Waals surface area contributed by atoms with Crippen LogP contribution in [0.2, 0.25) is 0 Å². The van der Waals surface area contributed by atoms with Crippen LogP contribution >= 0.6 is 11.8 Å². The molecule has 0 spiro atoms. The van der Waals surface area contributed by atoms with Crippen molar-refractivity contribution in [2.24, 2.45) is 0 Å². The number of ether oxygens (including phenoxy) is 2. The number of nitrogens with one attached hydrogen (secondary N) is 1. The van der Waals surface area contributed by atoms with Crippen molar-refractivity contribution in [2.75, 3.05) is 39.4 Å². The first-order valence-corrected chi connectivity index (χ1v) is 7.50. The normalized spacial score (nSPS) is 12.2. The third kappa shape index (κ3) is 4.93. The number of benzene rings is 1. The van der Waals surface area contributed by atoms with Crippen LogP contribution in [-0.2, 0) is 0 Å². The van der Waals surface area contributed by atoms with Gasteiger partial charge in [0.25, 0.3) is 0 Å². The Morgan fingerprint density at radius 3 is 2.58 bits per heavy atom. The van der Waals surface area contributed by atoms with E-state index in [0.29, 0.717) is 0 Å². The minimum absolute atomic E-state index is 0.258. The Labute approximate surface area is 119 Å². The molecule has 1 aromatic carbocycles. The van der Waals surface area contributed by atoms with E-state index < -0.39 is 0 Å². The lowest BCUT2D eigenvalue weighted by Crippen LogP contribution is -2.19. The molecule has 1 rings (SSSR count). The predicted octanol–water partition coefficient (Wildman–Crippen LogP) is 2.08. The van der Waals surface area contributed by atoms with Gasteiger partial charge in [-0.15, -0.1) is 0 Å². The number of aliphatic hydroxyl groups is 1. The number of hydrogen-bond donors (Lipinski definition) is 2. The molecule has 1 unspecified atom stereocenters. The monoisotopic (exact) mass is 285 g/mol. The Morgan fingerprint density at radius 2 is 2.00 bits per heavy atom. The van der Waals surface area contributed by atoms with Crippen molar-refractivity contribution in [2.45, 2.75) is 12.5 Å². The lowest BCUT2D eigenvalue weighted by Gasteiger charge is -2.18. The molecule has 0 saturated heterocycles. The van der Waals surface area contributed by atoms with E-state index in [4.69, 9.17) is 14.6 Å². The second-order valence-corrected chi connectivity index (χ2v) is 5.26. The highest BCUT2D eigenvalue weighted by Crippen LogP contribution is 2.30. The van der Waals surface area contributed by atoms with Crippen molar-refractivity contribution in [1.29, 1.82) is 0 Å². The molecule has 5 heteroatoms. The van der Waals surface area contributed by atoms with Gasteiger partial charge in [0, 0.05) is 18.4 Å². The molecule has 0 radical (unpaired) electrons. The zero-order chi connectivity index (χ0) is 14.1. The number of rotatable bonds is 9. The van der Waals surface area contributed by atoms with E-state index in [1.54, 1.807) is 14.2 Å². The molecule has 0 aliphatic carbocycles. The van der Waals surface area contributed by atoms with E-state index in [-0.39, 0.29) is 12.6 Å². The maximum absolute atomic E-state index is 8.77. The number of thioether (sulfide) groups is 1. The molecule has 4 nitrogen and oxygen atoms in total. The van der Waals surface area contributed by atoms with E-state index in [1.807, 2.05) is 30.9 Å². The smallest absolute Gasteiger partial charge is 0.161 e. The molecule has 0 aliphatic heterocycles. The summed E-state index contributed by atoms with van der Waals surface area (Å²) in [5.41, 5.74) is 1.18. The topological polar surface area (TPSA) is 50.7 Å². The molecule has 2 N–H and O–H groups in total. The summed E-state index contributed by atoms with van der Waals surface area (Å²) in [5.74, 6) is 3.43. The summed E-state index contributed by atoms with van der Waals surface area (Å²) in [4.78, 5) is 0. The van der Waals surface area contributed by atoms with Gasteiger partial charge >= 0.3 is 0 Å². The summed E-state index contributed by atoms with van der Waals surface area (Å²) in [7, 11) is 5.23. The van der Waals surface area contributed by atoms with E-state index in [1.165, 1.54) is 5.56 Å². The highest BCUT2D eigenvalue weighted by atomic mass is 32.2. The van der Waals surface area contributed by atoms with Gasteiger partial charge in [-0.3, -0.25) is 0 Å². The van der Waals surface area contributed by atoms with E-state index in [0.717, 1.165) is 29.4 Å². The van der Waals surface area contributed by atoms with Gasteiger partial charge < -0.3 is 19.9 Å². The minimum atomic E-state index is 0.258. The van der Waals surface area contributed by atoms with Crippen LogP contribution in [0.15, 0.2) is 18.2 Å². The summed E-state index contributed by atoms with van der Waals surface area (Å²) in [5, 5.41) is 12.1. The van der Waals surface area contributed by atoms with E-state index in [9.17, 15) is 0 Å². The zero-order valence-corrected chi connectivity index (χ0v) is 12.6. The second kappa shape index (κ2) is 9.07. The maximum atomic E-state index is 8.77. The highest BCUT2D eigenvalue weighted by molar-refractivity contribution is 7.99. The molecule has 1 aromatic rings. The van der Waals surface area contributed by atoms with Crippen LogP contribution in [-0.4, -0.2) is 44.5 Å². The molecule has 0 aliphatic rings. The van der Waals surface area contributed by atoms with Crippen LogP contribution in [0, 0.1) is 0 Å². The Bertz CT molecular complexity index is 374. The average Bonchev–Trinajstić information content (AvgIpc) is 2.46. The van der Waals surface area contributed by atoms with Crippen molar-refractivity contribution in [3.05, 3.63) is 23.8 Å². The molecule has 19 heavy (non-hydrogen) atoms. The molecule has 0 heterocycles. The number of methoxy groups -OCH3 is 2. The number of aliphatic hydroxyl groups excluding tert-OH is 1. The summed E-state index contributed by atoms with van der Waals surface area (Å²) < 4.78 is 10.6. The SMILES string of the molecule is CNC(CSCCCO)c1ccc(OC)c(OC)c1. The fourth-order valence-electron chi connectivity index (χ4n) is 1.78. The molecule has 0 amide bonds. The van der Waals surface area contributed by atoms with Crippen LogP contribution in [0.4, 0.5) is 0 Å². The van der Waals surface area contributed by atoms with Crippen LogP contribution in [0.1, 0.15) is 18.0 Å². The fraction of sp³-hybridized carbons (Fsp3) is 0.571. The first kappa shape index (κ1) is 16.1. The predicted molar refractivity (Wildman–Crippen MR) is 80.4 cm³/mol. The van der Waals surface area contributed by atoms with Gasteiger partial charge in [-0.25, -0.2) is 0 Å². The second-order valence-electron chi connectivity index (χ2n) is 4.11. The summed E-state index contributed by atoms with van der Waals surface area (Å²) in [6.07, 6.45) is 0.840. The summed E-state index contributed by atoms with van der Waals surface area (Å²) in [6, 6.07) is 6.25. The van der Waals surface area contributed by atoms with Crippen molar-refractivity contribution in [3.63, 3.8) is 0 Å². The molecule has 0 aromatic heterocycles. The van der Waals surface area contributed by atoms with Gasteiger partial charge in [-0.2, -0.15) is 11.8 Å². The number of hydrogen-bond acceptors (Lipinski definition) is 5. The Kier molecular flexibility index (Phi) is 7.70. The van der Waals surface area contributed by atoms with Crippen molar-refractivity contribution in [1.82, 2.24) is 5.32 Å². The first-order valence-electron chi connectivity index (χ1n) is 6.34. The Morgan fingerprint density at radius 1 is 1.26 bits per heavy atom. The quantitative estimate of drug-likeness (QED) is 0.680. The minimum Gasteiger partial charge on any atom is -0.493 e. The third-order valence-corrected chi connectivity index (χ3v) is 4.04. The van der Waals surface area contributed by atoms with Gasteiger partial charge in [0.1, 0.15) is 0 Å². The molecule has 0 bridgehead atoms. The molecule has 1 atom stereocenters. The van der Waals surface area contributed by atoms with Crippen LogP contribution in [0.25, 0.3) is 0 Å². The first-order chi connectivity index (χ1) is 9.26. The van der Waals surface area contributed by atoms with E-state index in [2.05, 4.69) is 11.4 Å². The van der Waals surface area contributed by atoms with Gasteiger partial charge in [-0.05, 0) is 36.9 Å². The molecule has 0 fully saturated rings. The summed E-state index contributed by atoms with van der Waals surface area (Å²) >= 11 is 1.83. The largest absolute Gasteiger partial charge is 0.493 e. The maximum Gasteiger partial charge on any atom is 0.161 e. The fourth-order valence-corrected chi connectivity index (χ4v) is 2.88. The molecular weight excluding hydrogens is 262 g/mol. The standard InChI is InChI=1S/C14H23NO3S/c1-15-12(10-19-8-4-7-16)11-5-6-13(17-2)14(9-11)18-3/h5-6,9,12,15-16H,4,7-8,10H2,1-3H3. The van der Waals surface area contributed by atoms with Gasteiger partial charge in [-0.1, -0.05) is 6.07 Å². The van der Waals surface area contributed by atoms with Gasteiger partial charge in [0.15, 0.2) is 11.5 Å². The van der Waals surface area contributed by atoms with Crippen molar-refractivity contribution >= 4 is 11.8 Å². The lowest BCUT2D eigenvalue weighted by molar-refractivity contribution is 0.296. The van der Waals surface area contributed by atoms with Crippen molar-refractivity contribution in [3.8, 4) is 11.5 Å². The Hall–Kier alpha value is -0.910. The van der Waals surface area contributed by atoms with Crippen LogP contribution in [0.3, 0.4) is 0 Å². The van der Waals surface area contributed by atoms with Crippen LogP contribution in [0.5, 0.6) is 11.5 Å². The third-order valence-electron chi connectivity index (χ3n) is 2.89. The van der Waals surface area contributed by atoms with E-state index >= 15 is 0 Å². The summed E-state index contributed by atoms with van der Waals surface area (Å²) in [6.45, 7) is 0.258. The molecule has 108 valence electrons. The van der Waals surface area contributed by atoms with Gasteiger partial charge in [0.2, 0.25) is 0 Å². The highest BCUT2D eigenvalue weighted by Gasteiger charge is 2.12. The molecule has 0 saturated carbocycles. The Balaban J connectivity index is 2.69. The lowest BCUT2D eigenvalue weighted by atomic mass is 10.1. The zero-order valence-electron chi connectivity index (χ0n) is 11.8. The van der Waals surface area contributed by atoms with Crippen molar-refractivity contribution < 1.29 is 14.6 Å². The average molecular weight is 285 g/mol. The van der Waals surface area contributed by atoms with Gasteiger partial charge in [0.05, 0.1) is 14.2 Å². The molecular formula is C14H23NO3S.